The van der Waals surface area contributed by atoms with Gasteiger partial charge in [0.2, 0.25) is 10.0 Å². The van der Waals surface area contributed by atoms with Gasteiger partial charge in [-0.25, -0.2) is 22.3 Å². The number of nitrogens with zero attached hydrogens (tertiary/aromatic N) is 1. The van der Waals surface area contributed by atoms with Crippen molar-refractivity contribution in [1.29, 1.82) is 0 Å². The largest absolute Gasteiger partial charge is 0.423 e. The molecular weight excluding hydrogens is 382 g/mol. The van der Waals surface area contributed by atoms with Crippen molar-refractivity contribution < 1.29 is 22.4 Å². The van der Waals surface area contributed by atoms with Crippen LogP contribution in [-0.4, -0.2) is 32.8 Å². The number of carbonyl (C=O) groups is 1. The van der Waals surface area contributed by atoms with Crippen LogP contribution in [0.2, 0.25) is 0 Å². The SMILES string of the molecule is Cc1cc(=O)oc2c(C)c(OC(=O)c3ccc(S(=O)(=O)N(C)C)cc3)ccc12. The molecule has 0 spiro atoms. The third-order valence-electron chi connectivity index (χ3n) is 4.39. The maximum absolute atomic E-state index is 12.5. The van der Waals surface area contributed by atoms with Crippen molar-refractivity contribution in [2.24, 2.45) is 0 Å². The first-order valence-electron chi connectivity index (χ1n) is 8.40. The Bertz CT molecular complexity index is 1220. The van der Waals surface area contributed by atoms with Crippen LogP contribution < -0.4 is 10.4 Å². The van der Waals surface area contributed by atoms with Gasteiger partial charge < -0.3 is 9.15 Å². The summed E-state index contributed by atoms with van der Waals surface area (Å²) in [6.45, 7) is 3.49. The average molecular weight is 401 g/mol. The van der Waals surface area contributed by atoms with E-state index in [1.165, 1.54) is 44.4 Å². The van der Waals surface area contributed by atoms with Gasteiger partial charge in [-0.15, -0.1) is 0 Å². The van der Waals surface area contributed by atoms with Crippen molar-refractivity contribution in [2.45, 2.75) is 18.7 Å². The van der Waals surface area contributed by atoms with Crippen molar-refractivity contribution >= 4 is 27.0 Å². The monoisotopic (exact) mass is 401 g/mol. The molecular formula is C20H19NO6S. The number of ether oxygens (including phenoxy) is 1. The van der Waals surface area contributed by atoms with Crippen LogP contribution >= 0.6 is 0 Å². The molecule has 8 heteroatoms. The van der Waals surface area contributed by atoms with Crippen molar-refractivity contribution in [3.63, 3.8) is 0 Å². The van der Waals surface area contributed by atoms with E-state index >= 15 is 0 Å². The van der Waals surface area contributed by atoms with Gasteiger partial charge in [-0.3, -0.25) is 0 Å². The predicted molar refractivity (Wildman–Crippen MR) is 104 cm³/mol. The first-order valence-corrected chi connectivity index (χ1v) is 9.84. The highest BCUT2D eigenvalue weighted by Gasteiger charge is 2.19. The van der Waals surface area contributed by atoms with E-state index in [0.717, 1.165) is 15.3 Å². The Labute approximate surface area is 162 Å². The van der Waals surface area contributed by atoms with Crippen LogP contribution in [0, 0.1) is 13.8 Å². The lowest BCUT2D eigenvalue weighted by Gasteiger charge is -2.12. The molecule has 3 aromatic rings. The summed E-state index contributed by atoms with van der Waals surface area (Å²) in [6, 6.07) is 10.2. The molecule has 146 valence electrons. The van der Waals surface area contributed by atoms with E-state index < -0.39 is 21.6 Å². The zero-order valence-electron chi connectivity index (χ0n) is 15.8. The molecule has 1 heterocycles. The predicted octanol–water partition coefficient (Wildman–Crippen LogP) is 2.88. The summed E-state index contributed by atoms with van der Waals surface area (Å²) >= 11 is 0. The summed E-state index contributed by atoms with van der Waals surface area (Å²) in [5.41, 5.74) is 1.38. The maximum atomic E-state index is 12.5. The Morgan fingerprint density at radius 1 is 1.04 bits per heavy atom. The molecule has 0 unspecified atom stereocenters. The summed E-state index contributed by atoms with van der Waals surface area (Å²) < 4.78 is 36.0. The second-order valence-electron chi connectivity index (χ2n) is 6.52. The molecule has 0 aliphatic carbocycles. The lowest BCUT2D eigenvalue weighted by Crippen LogP contribution is -2.22. The van der Waals surface area contributed by atoms with E-state index in [-0.39, 0.29) is 16.2 Å². The van der Waals surface area contributed by atoms with Crippen LogP contribution in [0.15, 0.2) is 56.6 Å². The van der Waals surface area contributed by atoms with Gasteiger partial charge in [0.1, 0.15) is 11.3 Å². The number of aryl methyl sites for hydroxylation is 2. The first kappa shape index (κ1) is 19.8. The maximum Gasteiger partial charge on any atom is 0.343 e. The summed E-state index contributed by atoms with van der Waals surface area (Å²) in [4.78, 5) is 24.2. The van der Waals surface area contributed by atoms with Crippen molar-refractivity contribution in [1.82, 2.24) is 4.31 Å². The van der Waals surface area contributed by atoms with Crippen molar-refractivity contribution in [3.8, 4) is 5.75 Å². The standard InChI is InChI=1S/C20H19NO6S/c1-12-11-18(22)27-19-13(2)17(10-9-16(12)19)26-20(23)14-5-7-15(8-6-14)28(24,25)21(3)4/h5-11H,1-4H3. The fourth-order valence-electron chi connectivity index (χ4n) is 2.74. The molecule has 1 aromatic heterocycles. The molecule has 28 heavy (non-hydrogen) atoms. The van der Waals surface area contributed by atoms with Crippen LogP contribution in [0.4, 0.5) is 0 Å². The molecule has 7 nitrogen and oxygen atoms in total. The van der Waals surface area contributed by atoms with Gasteiger partial charge in [-0.2, -0.15) is 0 Å². The quantitative estimate of drug-likeness (QED) is 0.379. The molecule has 0 fully saturated rings. The minimum absolute atomic E-state index is 0.0770. The molecule has 0 saturated heterocycles. The number of carbonyl (C=O) groups excluding carboxylic acids is 1. The molecule has 0 aliphatic rings. The Balaban J connectivity index is 1.91. The Hall–Kier alpha value is -2.97. The molecule has 3 rings (SSSR count). The average Bonchev–Trinajstić information content (AvgIpc) is 2.64. The highest BCUT2D eigenvalue weighted by Crippen LogP contribution is 2.28. The van der Waals surface area contributed by atoms with Crippen LogP contribution in [0.3, 0.4) is 0 Å². The smallest absolute Gasteiger partial charge is 0.343 e. The number of benzene rings is 2. The fraction of sp³-hybridized carbons (Fsp3) is 0.200. The molecule has 0 bridgehead atoms. The van der Waals surface area contributed by atoms with Crippen LogP contribution in [0.5, 0.6) is 5.75 Å². The van der Waals surface area contributed by atoms with Gasteiger partial charge in [0.25, 0.3) is 0 Å². The van der Waals surface area contributed by atoms with E-state index in [1.54, 1.807) is 26.0 Å². The number of rotatable bonds is 4. The van der Waals surface area contributed by atoms with Crippen LogP contribution in [0.1, 0.15) is 21.5 Å². The summed E-state index contributed by atoms with van der Waals surface area (Å²) in [5, 5.41) is 0.759. The van der Waals surface area contributed by atoms with Crippen LogP contribution in [-0.2, 0) is 10.0 Å². The molecule has 0 atom stereocenters. The minimum Gasteiger partial charge on any atom is -0.423 e. The summed E-state index contributed by atoms with van der Waals surface area (Å²) in [7, 11) is -0.717. The van der Waals surface area contributed by atoms with E-state index in [0.29, 0.717) is 11.1 Å². The highest BCUT2D eigenvalue weighted by molar-refractivity contribution is 7.89. The van der Waals surface area contributed by atoms with Gasteiger partial charge in [-0.05, 0) is 55.8 Å². The van der Waals surface area contributed by atoms with Gasteiger partial charge in [0, 0.05) is 31.1 Å². The van der Waals surface area contributed by atoms with Crippen molar-refractivity contribution in [3.05, 3.63) is 69.6 Å². The Kier molecular flexibility index (Phi) is 5.10. The van der Waals surface area contributed by atoms with E-state index in [9.17, 15) is 18.0 Å². The lowest BCUT2D eigenvalue weighted by molar-refractivity contribution is 0.0733. The van der Waals surface area contributed by atoms with Gasteiger partial charge in [0.15, 0.2) is 0 Å². The highest BCUT2D eigenvalue weighted by atomic mass is 32.2. The number of fused-ring (bicyclic) bond motifs is 1. The van der Waals surface area contributed by atoms with Gasteiger partial charge in [0.05, 0.1) is 10.5 Å². The molecule has 0 amide bonds. The molecule has 0 N–H and O–H groups in total. The Morgan fingerprint density at radius 2 is 1.68 bits per heavy atom. The van der Waals surface area contributed by atoms with Gasteiger partial charge >= 0.3 is 11.6 Å². The zero-order valence-corrected chi connectivity index (χ0v) is 16.7. The number of hydrogen-bond donors (Lipinski definition) is 0. The van der Waals surface area contributed by atoms with E-state index in [2.05, 4.69) is 0 Å². The summed E-state index contributed by atoms with van der Waals surface area (Å²) in [5.74, 6) is -0.387. The molecule has 0 radical (unpaired) electrons. The van der Waals surface area contributed by atoms with E-state index in [4.69, 9.17) is 9.15 Å². The van der Waals surface area contributed by atoms with Gasteiger partial charge in [-0.1, -0.05) is 0 Å². The molecule has 2 aromatic carbocycles. The third kappa shape index (κ3) is 3.56. The first-order chi connectivity index (χ1) is 13.1. The zero-order chi connectivity index (χ0) is 20.6. The number of hydrogen-bond acceptors (Lipinski definition) is 6. The number of esters is 1. The topological polar surface area (TPSA) is 93.9 Å². The second kappa shape index (κ2) is 7.21. The fourth-order valence-corrected chi connectivity index (χ4v) is 3.65. The third-order valence-corrected chi connectivity index (χ3v) is 6.22. The minimum atomic E-state index is -3.58. The lowest BCUT2D eigenvalue weighted by atomic mass is 10.1. The molecule has 0 aliphatic heterocycles. The normalized spacial score (nSPS) is 11.8. The van der Waals surface area contributed by atoms with Crippen LogP contribution in [0.25, 0.3) is 11.0 Å². The second-order valence-corrected chi connectivity index (χ2v) is 8.67. The summed E-state index contributed by atoms with van der Waals surface area (Å²) in [6.07, 6.45) is 0. The van der Waals surface area contributed by atoms with Crippen molar-refractivity contribution in [2.75, 3.05) is 14.1 Å². The molecule has 0 saturated carbocycles. The Morgan fingerprint density at radius 3 is 2.29 bits per heavy atom. The number of sulfonamides is 1. The van der Waals surface area contributed by atoms with E-state index in [1.807, 2.05) is 0 Å².